The van der Waals surface area contributed by atoms with Crippen molar-refractivity contribution in [1.29, 1.82) is 0 Å². The number of piperidine rings is 1. The zero-order valence-corrected chi connectivity index (χ0v) is 36.8. The van der Waals surface area contributed by atoms with Crippen molar-refractivity contribution in [2.45, 2.75) is 82.8 Å². The smallest absolute Gasteiger partial charge is 0.258 e. The van der Waals surface area contributed by atoms with Crippen LogP contribution in [0.5, 0.6) is 0 Å². The minimum Gasteiger partial charge on any atom is -0.361 e. The van der Waals surface area contributed by atoms with Gasteiger partial charge in [-0.15, -0.1) is 0 Å². The van der Waals surface area contributed by atoms with Gasteiger partial charge in [-0.25, -0.2) is 9.97 Å². The normalized spacial score (nSPS) is 20.1. The lowest BCUT2D eigenvalue weighted by Crippen LogP contribution is -2.55. The van der Waals surface area contributed by atoms with Crippen molar-refractivity contribution < 1.29 is 23.9 Å². The Morgan fingerprint density at radius 3 is 2.57 bits per heavy atom. The molecule has 3 saturated heterocycles. The quantitative estimate of drug-likeness (QED) is 0.0742. The van der Waals surface area contributed by atoms with Crippen LogP contribution in [0.1, 0.15) is 82.1 Å². The summed E-state index contributed by atoms with van der Waals surface area (Å²) in [4.78, 5) is 75.3. The fourth-order valence-electron chi connectivity index (χ4n) is 8.75. The predicted molar refractivity (Wildman–Crippen MR) is 238 cm³/mol. The molecule has 0 bridgehead atoms. The van der Waals surface area contributed by atoms with Gasteiger partial charge >= 0.3 is 0 Å². The first kappa shape index (κ1) is 42.3. The van der Waals surface area contributed by atoms with Crippen LogP contribution in [0, 0.1) is 11.8 Å². The highest BCUT2D eigenvalue weighted by molar-refractivity contribution is 6.76. The summed E-state index contributed by atoms with van der Waals surface area (Å²) in [5.41, 5.74) is 4.84. The number of amides is 4. The maximum atomic E-state index is 13.6. The van der Waals surface area contributed by atoms with E-state index < -0.39 is 14.1 Å². The zero-order chi connectivity index (χ0) is 42.7. The number of anilines is 2. The van der Waals surface area contributed by atoms with E-state index in [1.165, 1.54) is 17.0 Å². The molecule has 8 rings (SSSR count). The van der Waals surface area contributed by atoms with Crippen molar-refractivity contribution in [1.82, 2.24) is 34.6 Å². The average Bonchev–Trinajstić information content (AvgIpc) is 3.96. The molecule has 0 spiro atoms. The van der Waals surface area contributed by atoms with Gasteiger partial charge in [0.25, 0.3) is 17.7 Å². The van der Waals surface area contributed by atoms with Gasteiger partial charge in [0.1, 0.15) is 24.4 Å². The Kier molecular flexibility index (Phi) is 12.7. The van der Waals surface area contributed by atoms with Gasteiger partial charge in [-0.2, -0.15) is 0 Å². The summed E-state index contributed by atoms with van der Waals surface area (Å²) in [6, 6.07) is 14.0. The average molecular weight is 844 g/mol. The number of carbonyl (C=O) groups excluding carboxylic acids is 4. The van der Waals surface area contributed by atoms with Crippen molar-refractivity contribution in [3.8, 4) is 11.8 Å². The summed E-state index contributed by atoms with van der Waals surface area (Å²) in [7, 11) is 0.842. The summed E-state index contributed by atoms with van der Waals surface area (Å²) in [5.74, 6) is 6.93. The van der Waals surface area contributed by atoms with Crippen LogP contribution in [0.3, 0.4) is 0 Å². The van der Waals surface area contributed by atoms with Gasteiger partial charge < -0.3 is 24.8 Å². The summed E-state index contributed by atoms with van der Waals surface area (Å²) < 4.78 is 5.75. The lowest BCUT2D eigenvalue weighted by molar-refractivity contribution is -0.158. The second-order valence-corrected chi connectivity index (χ2v) is 23.6. The molecule has 0 saturated carbocycles. The number of pyridine rings is 2. The standard InChI is InChI=1S/C46H57N9O5Si/c1-51-18-9-13-39(51)38-26-34-29-47-41(27-37(34)49-38)50-44(57)33-14-16-42(48-28-33)53-22-20-52(21-23-53)19-7-5-6-10-32-11-8-12-35-36(32)30-54(45(35)58)40-15-17-43(56)55(46(40)59)31-60-24-25-61(2,3)4/h8,11-12,14,16,26-29,39-40,49H,5,7,9,13,15,17-25,30-31H2,1-4H3,(H,47,50,57)/t39-,40?/m1/s1. The molecule has 61 heavy (non-hydrogen) atoms. The Labute approximate surface area is 359 Å². The number of benzene rings is 1. The minimum atomic E-state index is -1.31. The summed E-state index contributed by atoms with van der Waals surface area (Å²) in [6.45, 7) is 13.0. The molecule has 7 heterocycles. The molecule has 0 aliphatic carbocycles. The molecule has 4 amide bonds. The number of rotatable bonds is 13. The Hall–Kier alpha value is -5.40. The Balaban J connectivity index is 0.776. The molecule has 14 nitrogen and oxygen atoms in total. The number of nitrogens with zero attached hydrogens (tertiary/aromatic N) is 7. The molecule has 15 heteroatoms. The third-order valence-electron chi connectivity index (χ3n) is 12.4. The van der Waals surface area contributed by atoms with Gasteiger partial charge in [-0.3, -0.25) is 33.9 Å². The largest absolute Gasteiger partial charge is 0.361 e. The zero-order valence-electron chi connectivity index (χ0n) is 35.8. The van der Waals surface area contributed by atoms with E-state index >= 15 is 0 Å². The Morgan fingerprint density at radius 1 is 0.984 bits per heavy atom. The number of carbonyl (C=O) groups is 4. The molecule has 0 radical (unpaired) electrons. The molecular formula is C46H57N9O5Si. The molecular weight excluding hydrogens is 787 g/mol. The third-order valence-corrected chi connectivity index (χ3v) is 14.1. The fourth-order valence-corrected chi connectivity index (χ4v) is 9.51. The topological polar surface area (TPSA) is 147 Å². The van der Waals surface area contributed by atoms with Crippen LogP contribution < -0.4 is 10.2 Å². The molecule has 3 aromatic heterocycles. The van der Waals surface area contributed by atoms with E-state index in [0.717, 1.165) is 92.4 Å². The molecule has 3 fully saturated rings. The van der Waals surface area contributed by atoms with E-state index in [-0.39, 0.29) is 36.8 Å². The number of imide groups is 1. The first-order chi connectivity index (χ1) is 29.4. The first-order valence-corrected chi connectivity index (χ1v) is 25.4. The molecule has 2 atom stereocenters. The minimum absolute atomic E-state index is 0.0710. The lowest BCUT2D eigenvalue weighted by atomic mass is 10.0. The van der Waals surface area contributed by atoms with Crippen molar-refractivity contribution in [3.63, 3.8) is 0 Å². The molecule has 2 N–H and O–H groups in total. The Bertz CT molecular complexity index is 2340. The highest BCUT2D eigenvalue weighted by Gasteiger charge is 2.43. The highest BCUT2D eigenvalue weighted by atomic mass is 28.3. The summed E-state index contributed by atoms with van der Waals surface area (Å²) in [5, 5.41) is 3.96. The van der Waals surface area contributed by atoms with Crippen LogP contribution in [0.2, 0.25) is 25.7 Å². The van der Waals surface area contributed by atoms with Crippen LogP contribution in [0.4, 0.5) is 11.6 Å². The van der Waals surface area contributed by atoms with Crippen LogP contribution in [-0.4, -0.2) is 132 Å². The van der Waals surface area contributed by atoms with Crippen molar-refractivity contribution in [2.24, 2.45) is 0 Å². The number of hydrogen-bond acceptors (Lipinski definition) is 10. The number of H-pyrrole nitrogens is 1. The summed E-state index contributed by atoms with van der Waals surface area (Å²) in [6.07, 6.45) is 7.90. The predicted octanol–water partition coefficient (Wildman–Crippen LogP) is 5.72. The lowest BCUT2D eigenvalue weighted by Gasteiger charge is -2.35. The molecule has 4 aliphatic heterocycles. The highest BCUT2D eigenvalue weighted by Crippen LogP contribution is 2.33. The monoisotopic (exact) mass is 843 g/mol. The van der Waals surface area contributed by atoms with E-state index in [1.54, 1.807) is 23.4 Å². The van der Waals surface area contributed by atoms with Gasteiger partial charge in [-0.1, -0.05) is 37.5 Å². The number of hydrogen-bond donors (Lipinski definition) is 2. The number of fused-ring (bicyclic) bond motifs is 2. The van der Waals surface area contributed by atoms with Crippen LogP contribution in [0.15, 0.2) is 54.9 Å². The van der Waals surface area contributed by atoms with Gasteiger partial charge in [0.05, 0.1) is 11.1 Å². The van der Waals surface area contributed by atoms with E-state index in [4.69, 9.17) is 4.74 Å². The second kappa shape index (κ2) is 18.3. The maximum absolute atomic E-state index is 13.6. The number of ether oxygens (including phenoxy) is 1. The molecule has 1 unspecified atom stereocenters. The third kappa shape index (κ3) is 9.73. The number of unbranched alkanes of at least 4 members (excludes halogenated alkanes) is 1. The van der Waals surface area contributed by atoms with Crippen LogP contribution in [0.25, 0.3) is 10.9 Å². The first-order valence-electron chi connectivity index (χ1n) is 21.7. The number of likely N-dealkylation sites (tertiary alicyclic amines) is 2. The van der Waals surface area contributed by atoms with Gasteiger partial charge in [0, 0.05) is 107 Å². The van der Waals surface area contributed by atoms with Gasteiger partial charge in [-0.05, 0) is 87.8 Å². The van der Waals surface area contributed by atoms with Gasteiger partial charge in [0.2, 0.25) is 5.91 Å². The maximum Gasteiger partial charge on any atom is 0.258 e. The van der Waals surface area contributed by atoms with Crippen molar-refractivity contribution >= 4 is 54.2 Å². The molecule has 1 aromatic carbocycles. The van der Waals surface area contributed by atoms with Gasteiger partial charge in [0.15, 0.2) is 0 Å². The van der Waals surface area contributed by atoms with Crippen LogP contribution in [-0.2, 0) is 20.9 Å². The SMILES string of the molecule is CN1CCC[C@@H]1c1cc2cnc(NC(=O)c3ccc(N4CCN(CCCC#Cc5cccc6c5CN(C5CCC(=O)N(COCC[Si](C)(C)C)C5=O)C6=O)CC4)nc3)cc2[nH]1. The molecule has 320 valence electrons. The van der Waals surface area contributed by atoms with E-state index in [2.05, 4.69) is 79.6 Å². The molecule has 4 aromatic rings. The number of nitrogens with one attached hydrogen (secondary N) is 2. The fraction of sp³-hybridized carbons (Fsp3) is 0.478. The number of aromatic nitrogens is 3. The van der Waals surface area contributed by atoms with E-state index in [1.807, 2.05) is 30.3 Å². The van der Waals surface area contributed by atoms with Crippen molar-refractivity contribution in [2.75, 3.05) is 69.9 Å². The van der Waals surface area contributed by atoms with Crippen molar-refractivity contribution in [3.05, 3.63) is 82.8 Å². The van der Waals surface area contributed by atoms with E-state index in [0.29, 0.717) is 42.6 Å². The second-order valence-electron chi connectivity index (χ2n) is 17.9. The number of piperazine rings is 1. The Morgan fingerprint density at radius 2 is 1.82 bits per heavy atom. The van der Waals surface area contributed by atoms with Crippen LogP contribution >= 0.6 is 0 Å². The molecule has 4 aliphatic rings. The summed E-state index contributed by atoms with van der Waals surface area (Å²) >= 11 is 0. The van der Waals surface area contributed by atoms with E-state index in [9.17, 15) is 19.2 Å². The number of aromatic amines is 1.